The van der Waals surface area contributed by atoms with Gasteiger partial charge in [-0.05, 0) is 19.3 Å². The predicted octanol–water partition coefficient (Wildman–Crippen LogP) is 3.55. The van der Waals surface area contributed by atoms with Crippen LogP contribution >= 0.6 is 0 Å². The lowest BCUT2D eigenvalue weighted by Crippen LogP contribution is -2.31. The van der Waals surface area contributed by atoms with Crippen LogP contribution in [0.4, 0.5) is 0 Å². The lowest BCUT2D eigenvalue weighted by Gasteiger charge is -2.23. The van der Waals surface area contributed by atoms with Gasteiger partial charge in [0.1, 0.15) is 6.54 Å². The van der Waals surface area contributed by atoms with Crippen molar-refractivity contribution in [1.82, 2.24) is 4.90 Å². The second kappa shape index (κ2) is 7.83. The highest BCUT2D eigenvalue weighted by Gasteiger charge is 2.14. The van der Waals surface area contributed by atoms with Crippen LogP contribution in [0.25, 0.3) is 0 Å². The first kappa shape index (κ1) is 14.8. The molecule has 1 aliphatic rings. The number of likely N-dealkylation sites (tertiary alicyclic amines) is 1. The van der Waals surface area contributed by atoms with E-state index in [4.69, 9.17) is 0 Å². The van der Waals surface area contributed by atoms with Gasteiger partial charge in [0.15, 0.2) is 5.78 Å². The Morgan fingerprint density at radius 3 is 2.75 bits per heavy atom. The molecule has 0 radical (unpaired) electrons. The molecule has 1 aromatic rings. The van der Waals surface area contributed by atoms with E-state index in [0.717, 1.165) is 37.3 Å². The monoisotopic (exact) mass is 272 g/mol. The van der Waals surface area contributed by atoms with Crippen LogP contribution in [0.2, 0.25) is 0 Å². The molecule has 0 atom stereocenters. The van der Waals surface area contributed by atoms with Crippen LogP contribution in [0.3, 0.4) is 0 Å². The second-order valence-electron chi connectivity index (χ2n) is 5.32. The van der Waals surface area contributed by atoms with Crippen molar-refractivity contribution < 1.29 is 4.79 Å². The molecule has 0 saturated carbocycles. The van der Waals surface area contributed by atoms with Crippen LogP contribution < -0.4 is 0 Å². The van der Waals surface area contributed by atoms with Gasteiger partial charge in [-0.15, -0.1) is 0 Å². The Bertz CT molecular complexity index is 453. The summed E-state index contributed by atoms with van der Waals surface area (Å²) in [5.74, 6) is 1.24. The van der Waals surface area contributed by atoms with Crippen LogP contribution in [0.1, 0.15) is 49.4 Å². The Hall–Kier alpha value is -1.64. The third-order valence-corrected chi connectivity index (χ3v) is 3.69. The molecule has 0 N–H and O–H groups in total. The zero-order valence-corrected chi connectivity index (χ0v) is 12.3. The van der Waals surface area contributed by atoms with E-state index in [1.807, 2.05) is 30.3 Å². The molecular formula is C17H24N2O. The highest BCUT2D eigenvalue weighted by molar-refractivity contribution is 5.99. The summed E-state index contributed by atoms with van der Waals surface area (Å²) in [5, 5.41) is 0. The van der Waals surface area contributed by atoms with Crippen LogP contribution in [-0.2, 0) is 0 Å². The molecule has 20 heavy (non-hydrogen) atoms. The number of nitrogens with zero attached hydrogens (tertiary/aromatic N) is 2. The molecule has 2 rings (SSSR count). The van der Waals surface area contributed by atoms with Gasteiger partial charge < -0.3 is 4.90 Å². The van der Waals surface area contributed by atoms with E-state index in [2.05, 4.69) is 16.8 Å². The van der Waals surface area contributed by atoms with Gasteiger partial charge >= 0.3 is 0 Å². The van der Waals surface area contributed by atoms with Gasteiger partial charge in [0.05, 0.1) is 5.84 Å². The Morgan fingerprint density at radius 1 is 1.20 bits per heavy atom. The van der Waals surface area contributed by atoms with Crippen molar-refractivity contribution in [3.05, 3.63) is 35.9 Å². The molecule has 0 bridgehead atoms. The Labute approximate surface area is 121 Å². The highest BCUT2D eigenvalue weighted by atomic mass is 16.1. The smallest absolute Gasteiger partial charge is 0.184 e. The number of aliphatic imine (C=N–C) groups is 1. The maximum atomic E-state index is 12.1. The number of amidine groups is 1. The number of Topliss-reactive ketones (excluding diaryl/α,β-unsaturated/α-hetero) is 1. The number of hydrogen-bond acceptors (Lipinski definition) is 2. The van der Waals surface area contributed by atoms with Gasteiger partial charge in [-0.3, -0.25) is 9.79 Å². The summed E-state index contributed by atoms with van der Waals surface area (Å²) >= 11 is 0. The number of ketones is 1. The topological polar surface area (TPSA) is 32.7 Å². The average Bonchev–Trinajstić information content (AvgIpc) is 2.71. The van der Waals surface area contributed by atoms with Crippen LogP contribution in [0.5, 0.6) is 0 Å². The second-order valence-corrected chi connectivity index (χ2v) is 5.32. The molecule has 1 heterocycles. The molecule has 3 nitrogen and oxygen atoms in total. The van der Waals surface area contributed by atoms with Crippen molar-refractivity contribution in [3.63, 3.8) is 0 Å². The summed E-state index contributed by atoms with van der Waals surface area (Å²) in [6, 6.07) is 9.45. The Balaban J connectivity index is 2.02. The third kappa shape index (κ3) is 4.19. The Morgan fingerprint density at radius 2 is 2.00 bits per heavy atom. The van der Waals surface area contributed by atoms with Crippen molar-refractivity contribution in [2.24, 2.45) is 4.99 Å². The largest absolute Gasteiger partial charge is 0.360 e. The minimum Gasteiger partial charge on any atom is -0.360 e. The molecule has 3 heteroatoms. The molecule has 0 aromatic heterocycles. The van der Waals surface area contributed by atoms with Gasteiger partial charge in [0.25, 0.3) is 0 Å². The molecule has 0 spiro atoms. The summed E-state index contributed by atoms with van der Waals surface area (Å²) in [4.78, 5) is 19.1. The molecule has 1 aliphatic heterocycles. The van der Waals surface area contributed by atoms with E-state index in [1.54, 1.807) is 0 Å². The van der Waals surface area contributed by atoms with E-state index < -0.39 is 0 Å². The third-order valence-electron chi connectivity index (χ3n) is 3.69. The number of hydrogen-bond donors (Lipinski definition) is 0. The number of carbonyl (C=O) groups is 1. The quantitative estimate of drug-likeness (QED) is 0.768. The predicted molar refractivity (Wildman–Crippen MR) is 83.4 cm³/mol. The standard InChI is InChI=1S/C17H24N2O/c1-2-12-19-13-8-4-7-11-17(19)18-14-16(20)15-9-5-3-6-10-15/h3,5-6,9-10H,2,4,7-8,11-14H2,1H3/b18-17+. The van der Waals surface area contributed by atoms with Gasteiger partial charge in [0.2, 0.25) is 0 Å². The zero-order chi connectivity index (χ0) is 14.2. The minimum absolute atomic E-state index is 0.110. The fourth-order valence-corrected chi connectivity index (χ4v) is 2.62. The molecule has 108 valence electrons. The normalized spacial score (nSPS) is 18.1. The SMILES string of the molecule is CCCN1CCCCC/C1=N\CC(=O)c1ccccc1. The van der Waals surface area contributed by atoms with Crippen molar-refractivity contribution in [3.8, 4) is 0 Å². The van der Waals surface area contributed by atoms with Gasteiger partial charge in [0, 0.05) is 25.1 Å². The average molecular weight is 272 g/mol. The minimum atomic E-state index is 0.110. The first-order valence-corrected chi connectivity index (χ1v) is 7.67. The van der Waals surface area contributed by atoms with Gasteiger partial charge in [-0.1, -0.05) is 43.7 Å². The first-order valence-electron chi connectivity index (χ1n) is 7.67. The van der Waals surface area contributed by atoms with Gasteiger partial charge in [-0.2, -0.15) is 0 Å². The summed E-state index contributed by atoms with van der Waals surface area (Å²) in [6.45, 7) is 4.61. The maximum absolute atomic E-state index is 12.1. The van der Waals surface area contributed by atoms with Crippen LogP contribution in [-0.4, -0.2) is 36.2 Å². The lowest BCUT2D eigenvalue weighted by atomic mass is 10.1. The highest BCUT2D eigenvalue weighted by Crippen LogP contribution is 2.13. The van der Waals surface area contributed by atoms with Crippen molar-refractivity contribution in [2.45, 2.75) is 39.0 Å². The molecular weight excluding hydrogens is 248 g/mol. The molecule has 1 saturated heterocycles. The molecule has 0 aliphatic carbocycles. The first-order chi connectivity index (χ1) is 9.81. The van der Waals surface area contributed by atoms with E-state index >= 15 is 0 Å². The van der Waals surface area contributed by atoms with E-state index in [-0.39, 0.29) is 12.3 Å². The molecule has 1 aromatic carbocycles. The lowest BCUT2D eigenvalue weighted by molar-refractivity contribution is 0.100. The molecule has 0 amide bonds. The fraction of sp³-hybridized carbons (Fsp3) is 0.529. The Kier molecular flexibility index (Phi) is 5.78. The summed E-state index contributed by atoms with van der Waals surface area (Å²) in [5.41, 5.74) is 0.757. The maximum Gasteiger partial charge on any atom is 0.184 e. The fourth-order valence-electron chi connectivity index (χ4n) is 2.62. The van der Waals surface area contributed by atoms with Crippen molar-refractivity contribution in [1.29, 1.82) is 0 Å². The van der Waals surface area contributed by atoms with E-state index in [0.29, 0.717) is 0 Å². The molecule has 1 fully saturated rings. The van der Waals surface area contributed by atoms with Crippen molar-refractivity contribution >= 4 is 11.6 Å². The zero-order valence-electron chi connectivity index (χ0n) is 12.3. The summed E-state index contributed by atoms with van der Waals surface area (Å²) in [7, 11) is 0. The van der Waals surface area contributed by atoms with Crippen LogP contribution in [0.15, 0.2) is 35.3 Å². The van der Waals surface area contributed by atoms with E-state index in [9.17, 15) is 4.79 Å². The van der Waals surface area contributed by atoms with Crippen LogP contribution in [0, 0.1) is 0 Å². The summed E-state index contributed by atoms with van der Waals surface area (Å²) in [6.07, 6.45) is 5.85. The summed E-state index contributed by atoms with van der Waals surface area (Å²) < 4.78 is 0. The number of benzene rings is 1. The molecule has 0 unspecified atom stereocenters. The van der Waals surface area contributed by atoms with Crippen molar-refractivity contribution in [2.75, 3.05) is 19.6 Å². The van der Waals surface area contributed by atoms with E-state index in [1.165, 1.54) is 19.3 Å². The number of rotatable bonds is 5. The van der Waals surface area contributed by atoms with Gasteiger partial charge in [-0.25, -0.2) is 0 Å². The number of carbonyl (C=O) groups excluding carboxylic acids is 1.